The third-order valence-electron chi connectivity index (χ3n) is 2.99. The van der Waals surface area contributed by atoms with Gasteiger partial charge in [-0.3, -0.25) is 4.79 Å². The van der Waals surface area contributed by atoms with Gasteiger partial charge in [0, 0.05) is 25.6 Å². The van der Waals surface area contributed by atoms with E-state index in [0.29, 0.717) is 12.5 Å². The summed E-state index contributed by atoms with van der Waals surface area (Å²) in [5.74, 6) is 0.113. The molecule has 21 heavy (non-hydrogen) atoms. The van der Waals surface area contributed by atoms with Crippen molar-refractivity contribution in [1.82, 2.24) is 10.6 Å². The Labute approximate surface area is 126 Å². The van der Waals surface area contributed by atoms with Crippen molar-refractivity contribution in [3.63, 3.8) is 0 Å². The smallest absolute Gasteiger partial charge is 0.416 e. The van der Waals surface area contributed by atoms with Crippen molar-refractivity contribution in [1.29, 1.82) is 0 Å². The molecule has 1 aromatic rings. The van der Waals surface area contributed by atoms with Crippen LogP contribution < -0.4 is 15.4 Å². The summed E-state index contributed by atoms with van der Waals surface area (Å²) in [5.41, 5.74) is -0.795. The molecule has 118 valence electrons. The van der Waals surface area contributed by atoms with E-state index in [1.165, 1.54) is 12.1 Å². The number of amides is 1. The van der Waals surface area contributed by atoms with Crippen LogP contribution in [0.25, 0.3) is 0 Å². The quantitative estimate of drug-likeness (QED) is 0.869. The van der Waals surface area contributed by atoms with Crippen molar-refractivity contribution < 1.29 is 22.7 Å². The summed E-state index contributed by atoms with van der Waals surface area (Å²) in [6, 6.07) is 4.47. The maximum atomic E-state index is 12.5. The SMILES string of the molecule is Cl.O=C(COc1cccc(C(F)(F)F)c1)NCC1CNC1. The number of benzene rings is 1. The molecule has 1 amide bonds. The molecule has 0 unspecified atom stereocenters. The minimum Gasteiger partial charge on any atom is -0.484 e. The van der Waals surface area contributed by atoms with Crippen molar-refractivity contribution in [3.8, 4) is 5.75 Å². The van der Waals surface area contributed by atoms with Crippen LogP contribution in [0.5, 0.6) is 5.75 Å². The fourth-order valence-electron chi connectivity index (χ4n) is 1.71. The molecule has 2 rings (SSSR count). The molecule has 0 saturated carbocycles. The summed E-state index contributed by atoms with van der Waals surface area (Å²) in [4.78, 5) is 11.5. The van der Waals surface area contributed by atoms with Crippen LogP contribution in [0.4, 0.5) is 13.2 Å². The number of carbonyl (C=O) groups is 1. The number of hydrogen-bond acceptors (Lipinski definition) is 3. The van der Waals surface area contributed by atoms with Crippen LogP contribution in [0.15, 0.2) is 24.3 Å². The fourth-order valence-corrected chi connectivity index (χ4v) is 1.71. The molecular formula is C13H16ClF3N2O2. The molecule has 0 aromatic heterocycles. The van der Waals surface area contributed by atoms with Gasteiger partial charge in [-0.1, -0.05) is 6.07 Å². The maximum absolute atomic E-state index is 12.5. The van der Waals surface area contributed by atoms with Crippen LogP contribution in [0.1, 0.15) is 5.56 Å². The van der Waals surface area contributed by atoms with Crippen molar-refractivity contribution in [2.24, 2.45) is 5.92 Å². The van der Waals surface area contributed by atoms with Crippen molar-refractivity contribution in [2.45, 2.75) is 6.18 Å². The van der Waals surface area contributed by atoms with Crippen molar-refractivity contribution in [3.05, 3.63) is 29.8 Å². The lowest BCUT2D eigenvalue weighted by Gasteiger charge is -2.27. The molecule has 2 N–H and O–H groups in total. The fraction of sp³-hybridized carbons (Fsp3) is 0.462. The molecule has 0 bridgehead atoms. The Kier molecular flexibility index (Phi) is 6.29. The van der Waals surface area contributed by atoms with Crippen LogP contribution in [-0.2, 0) is 11.0 Å². The van der Waals surface area contributed by atoms with E-state index in [4.69, 9.17) is 4.74 Å². The zero-order chi connectivity index (χ0) is 14.6. The van der Waals surface area contributed by atoms with Gasteiger partial charge in [0.15, 0.2) is 6.61 Å². The molecule has 1 aliphatic rings. The predicted octanol–water partition coefficient (Wildman–Crippen LogP) is 1.84. The third kappa shape index (κ3) is 5.43. The first kappa shape index (κ1) is 17.6. The van der Waals surface area contributed by atoms with Gasteiger partial charge in [0.05, 0.1) is 5.56 Å². The van der Waals surface area contributed by atoms with Crippen molar-refractivity contribution >= 4 is 18.3 Å². The maximum Gasteiger partial charge on any atom is 0.416 e. The number of hydrogen-bond donors (Lipinski definition) is 2. The van der Waals surface area contributed by atoms with E-state index < -0.39 is 11.7 Å². The molecule has 1 aromatic carbocycles. The Morgan fingerprint density at radius 2 is 2.10 bits per heavy atom. The number of halogens is 4. The summed E-state index contributed by atoms with van der Waals surface area (Å²) >= 11 is 0. The summed E-state index contributed by atoms with van der Waals surface area (Å²) in [7, 11) is 0. The lowest BCUT2D eigenvalue weighted by atomic mass is 10.0. The Morgan fingerprint density at radius 1 is 1.38 bits per heavy atom. The van der Waals surface area contributed by atoms with Crippen molar-refractivity contribution in [2.75, 3.05) is 26.2 Å². The van der Waals surface area contributed by atoms with E-state index in [2.05, 4.69) is 10.6 Å². The number of rotatable bonds is 5. The Hall–Kier alpha value is -1.47. The van der Waals surface area contributed by atoms with Gasteiger partial charge in [0.25, 0.3) is 5.91 Å². The summed E-state index contributed by atoms with van der Waals surface area (Å²) in [6.45, 7) is 2.00. The minimum absolute atomic E-state index is 0. The summed E-state index contributed by atoms with van der Waals surface area (Å²) < 4.78 is 42.5. The van der Waals surface area contributed by atoms with Gasteiger partial charge >= 0.3 is 6.18 Å². The average Bonchev–Trinajstić information content (AvgIpc) is 2.34. The monoisotopic (exact) mass is 324 g/mol. The largest absolute Gasteiger partial charge is 0.484 e. The molecule has 1 saturated heterocycles. The zero-order valence-electron chi connectivity index (χ0n) is 11.1. The van der Waals surface area contributed by atoms with Crippen LogP contribution >= 0.6 is 12.4 Å². The molecule has 8 heteroatoms. The van der Waals surface area contributed by atoms with Gasteiger partial charge in [-0.15, -0.1) is 12.4 Å². The van der Waals surface area contributed by atoms with Crippen LogP contribution in [0, 0.1) is 5.92 Å². The molecule has 0 atom stereocenters. The van der Waals surface area contributed by atoms with E-state index in [0.717, 1.165) is 25.2 Å². The van der Waals surface area contributed by atoms with Gasteiger partial charge in [0.2, 0.25) is 0 Å². The average molecular weight is 325 g/mol. The first-order valence-electron chi connectivity index (χ1n) is 6.22. The second-order valence-corrected chi connectivity index (χ2v) is 4.64. The van der Waals surface area contributed by atoms with Crippen LogP contribution in [0.3, 0.4) is 0 Å². The highest BCUT2D eigenvalue weighted by Crippen LogP contribution is 2.31. The molecule has 0 spiro atoms. The summed E-state index contributed by atoms with van der Waals surface area (Å²) in [5, 5.41) is 5.75. The standard InChI is InChI=1S/C13H15F3N2O2.ClH/c14-13(15,16)10-2-1-3-11(4-10)20-8-12(19)18-7-9-5-17-6-9;/h1-4,9,17H,5-8H2,(H,18,19);1H. The number of nitrogens with one attached hydrogen (secondary N) is 2. The van der Waals surface area contributed by atoms with Crippen LogP contribution in [0.2, 0.25) is 0 Å². The molecule has 0 aliphatic carbocycles. The lowest BCUT2D eigenvalue weighted by Crippen LogP contribution is -2.48. The molecule has 1 heterocycles. The van der Waals surface area contributed by atoms with Gasteiger partial charge in [0.1, 0.15) is 5.75 Å². The second kappa shape index (κ2) is 7.51. The second-order valence-electron chi connectivity index (χ2n) is 4.64. The highest BCUT2D eigenvalue weighted by atomic mass is 35.5. The van der Waals surface area contributed by atoms with Gasteiger partial charge in [-0.05, 0) is 18.2 Å². The minimum atomic E-state index is -4.42. The van der Waals surface area contributed by atoms with Gasteiger partial charge < -0.3 is 15.4 Å². The lowest BCUT2D eigenvalue weighted by molar-refractivity contribution is -0.137. The predicted molar refractivity (Wildman–Crippen MR) is 73.6 cm³/mol. The molecule has 1 aliphatic heterocycles. The third-order valence-corrected chi connectivity index (χ3v) is 2.99. The van der Waals surface area contributed by atoms with Gasteiger partial charge in [-0.2, -0.15) is 13.2 Å². The van der Waals surface area contributed by atoms with Crippen LogP contribution in [-0.4, -0.2) is 32.1 Å². The van der Waals surface area contributed by atoms with E-state index in [-0.39, 0.29) is 30.7 Å². The number of carbonyl (C=O) groups excluding carboxylic acids is 1. The van der Waals surface area contributed by atoms with E-state index >= 15 is 0 Å². The van der Waals surface area contributed by atoms with E-state index in [1.54, 1.807) is 0 Å². The van der Waals surface area contributed by atoms with Gasteiger partial charge in [-0.25, -0.2) is 0 Å². The Morgan fingerprint density at radius 3 is 2.67 bits per heavy atom. The normalized spacial score (nSPS) is 14.8. The first-order chi connectivity index (χ1) is 9.45. The topological polar surface area (TPSA) is 50.4 Å². The van der Waals surface area contributed by atoms with E-state index in [1.807, 2.05) is 0 Å². The summed E-state index contributed by atoms with van der Waals surface area (Å²) in [6.07, 6.45) is -4.42. The molecule has 1 fully saturated rings. The number of alkyl halides is 3. The molecular weight excluding hydrogens is 309 g/mol. The number of ether oxygens (including phenoxy) is 1. The molecule has 0 radical (unpaired) electrons. The van der Waals surface area contributed by atoms with E-state index in [9.17, 15) is 18.0 Å². The zero-order valence-corrected chi connectivity index (χ0v) is 11.9. The Bertz CT molecular complexity index is 479. The molecule has 4 nitrogen and oxygen atoms in total. The highest BCUT2D eigenvalue weighted by Gasteiger charge is 2.30. The Balaban J connectivity index is 0.00000220. The highest BCUT2D eigenvalue weighted by molar-refractivity contribution is 5.85. The first-order valence-corrected chi connectivity index (χ1v) is 6.22.